The lowest BCUT2D eigenvalue weighted by Crippen LogP contribution is -2.38. The summed E-state index contributed by atoms with van der Waals surface area (Å²) in [5.41, 5.74) is 1.15. The summed E-state index contributed by atoms with van der Waals surface area (Å²) in [6, 6.07) is 9.51. The summed E-state index contributed by atoms with van der Waals surface area (Å²) in [5, 5.41) is 16.6. The van der Waals surface area contributed by atoms with Gasteiger partial charge in [0.1, 0.15) is 5.82 Å². The summed E-state index contributed by atoms with van der Waals surface area (Å²) in [7, 11) is 0. The molecule has 2 aromatic heterocycles. The first-order valence-electron chi connectivity index (χ1n) is 7.38. The molecule has 1 amide bonds. The maximum atomic E-state index is 12.6. The predicted molar refractivity (Wildman–Crippen MR) is 80.9 cm³/mol. The maximum Gasteiger partial charge on any atom is 0.276 e. The van der Waals surface area contributed by atoms with Crippen molar-refractivity contribution in [3.63, 3.8) is 0 Å². The van der Waals surface area contributed by atoms with E-state index in [9.17, 15) is 4.79 Å². The van der Waals surface area contributed by atoms with Gasteiger partial charge in [-0.15, -0.1) is 15.3 Å². The second-order valence-corrected chi connectivity index (χ2v) is 5.40. The number of para-hydroxylation sites is 1. The zero-order valence-corrected chi connectivity index (χ0v) is 12.6. The van der Waals surface area contributed by atoms with Crippen molar-refractivity contribution >= 4 is 5.91 Å². The molecule has 0 spiro atoms. The van der Waals surface area contributed by atoms with E-state index in [1.807, 2.05) is 41.8 Å². The van der Waals surface area contributed by atoms with E-state index >= 15 is 0 Å². The number of nitrogens with zero attached hydrogens (tertiary/aromatic N) is 7. The average molecular weight is 309 g/mol. The molecule has 23 heavy (non-hydrogen) atoms. The zero-order chi connectivity index (χ0) is 15.8. The van der Waals surface area contributed by atoms with Crippen LogP contribution in [0.4, 0.5) is 0 Å². The number of amides is 1. The van der Waals surface area contributed by atoms with Gasteiger partial charge in [0.15, 0.2) is 11.5 Å². The third kappa shape index (κ3) is 2.37. The molecule has 3 heterocycles. The number of aryl methyl sites for hydroxylation is 1. The van der Waals surface area contributed by atoms with Crippen molar-refractivity contribution in [2.45, 2.75) is 20.0 Å². The highest BCUT2D eigenvalue weighted by Crippen LogP contribution is 2.14. The Bertz CT molecular complexity index is 852. The molecular weight excluding hydrogens is 294 g/mol. The van der Waals surface area contributed by atoms with Crippen LogP contribution in [0.3, 0.4) is 0 Å². The van der Waals surface area contributed by atoms with Crippen molar-refractivity contribution in [2.75, 3.05) is 6.54 Å². The molecule has 116 valence electrons. The third-order valence-corrected chi connectivity index (χ3v) is 3.92. The van der Waals surface area contributed by atoms with Gasteiger partial charge in [-0.3, -0.25) is 4.79 Å². The number of rotatable bonds is 2. The van der Waals surface area contributed by atoms with E-state index in [-0.39, 0.29) is 5.91 Å². The highest BCUT2D eigenvalue weighted by molar-refractivity contribution is 5.91. The molecule has 8 heteroatoms. The summed E-state index contributed by atoms with van der Waals surface area (Å²) in [6.07, 6.45) is 1.50. The molecule has 1 aliphatic heterocycles. The highest BCUT2D eigenvalue weighted by atomic mass is 16.2. The quantitative estimate of drug-likeness (QED) is 0.700. The molecule has 0 radical (unpaired) electrons. The van der Waals surface area contributed by atoms with Crippen LogP contribution in [-0.4, -0.2) is 47.1 Å². The summed E-state index contributed by atoms with van der Waals surface area (Å²) < 4.78 is 2.03. The number of benzene rings is 1. The van der Waals surface area contributed by atoms with Gasteiger partial charge in [0.2, 0.25) is 0 Å². The van der Waals surface area contributed by atoms with Gasteiger partial charge in [-0.25, -0.2) is 0 Å². The average Bonchev–Trinajstić information content (AvgIpc) is 3.22. The van der Waals surface area contributed by atoms with Crippen molar-refractivity contribution in [1.29, 1.82) is 0 Å². The molecule has 0 unspecified atom stereocenters. The van der Waals surface area contributed by atoms with Crippen LogP contribution in [0.2, 0.25) is 0 Å². The van der Waals surface area contributed by atoms with Crippen molar-refractivity contribution < 1.29 is 4.79 Å². The van der Waals surface area contributed by atoms with E-state index < -0.39 is 0 Å². The van der Waals surface area contributed by atoms with E-state index in [0.29, 0.717) is 25.3 Å². The fourth-order valence-corrected chi connectivity index (χ4v) is 2.69. The summed E-state index contributed by atoms with van der Waals surface area (Å²) >= 11 is 0. The minimum absolute atomic E-state index is 0.140. The molecule has 0 saturated heterocycles. The van der Waals surface area contributed by atoms with Crippen molar-refractivity contribution in [2.24, 2.45) is 0 Å². The molecule has 0 bridgehead atoms. The van der Waals surface area contributed by atoms with Crippen LogP contribution in [0.5, 0.6) is 0 Å². The standard InChI is InChI=1S/C15H15N7O/c1-11-17-18-14-10-20(7-8-21(11)14)15(23)13-9-16-22(19-13)12-5-3-2-4-6-12/h2-6,9H,7-8,10H2,1H3. The monoisotopic (exact) mass is 309 g/mol. The molecule has 0 atom stereocenters. The lowest BCUT2D eigenvalue weighted by atomic mass is 10.3. The largest absolute Gasteiger partial charge is 0.328 e. The van der Waals surface area contributed by atoms with Crippen LogP contribution in [0.1, 0.15) is 22.1 Å². The second kappa shape index (κ2) is 5.31. The third-order valence-electron chi connectivity index (χ3n) is 3.92. The number of fused-ring (bicyclic) bond motifs is 1. The smallest absolute Gasteiger partial charge is 0.276 e. The Morgan fingerprint density at radius 2 is 1.96 bits per heavy atom. The summed E-state index contributed by atoms with van der Waals surface area (Å²) in [5.74, 6) is 1.54. The summed E-state index contributed by atoms with van der Waals surface area (Å²) in [6.45, 7) is 3.67. The van der Waals surface area contributed by atoms with Crippen LogP contribution in [0, 0.1) is 6.92 Å². The number of carbonyl (C=O) groups excluding carboxylic acids is 1. The first kappa shape index (κ1) is 13.6. The topological polar surface area (TPSA) is 81.7 Å². The Morgan fingerprint density at radius 3 is 2.78 bits per heavy atom. The lowest BCUT2D eigenvalue weighted by Gasteiger charge is -2.26. The van der Waals surface area contributed by atoms with Gasteiger partial charge in [0, 0.05) is 13.1 Å². The Hall–Kier alpha value is -3.03. The normalized spacial score (nSPS) is 13.9. The van der Waals surface area contributed by atoms with Crippen molar-refractivity contribution in [1.82, 2.24) is 34.7 Å². The number of hydrogen-bond acceptors (Lipinski definition) is 5. The lowest BCUT2D eigenvalue weighted by molar-refractivity contribution is 0.0700. The molecule has 4 rings (SSSR count). The van der Waals surface area contributed by atoms with E-state index in [1.54, 1.807) is 4.90 Å². The van der Waals surface area contributed by atoms with Crippen molar-refractivity contribution in [3.8, 4) is 5.69 Å². The Kier molecular flexibility index (Phi) is 3.14. The Balaban J connectivity index is 1.55. The molecule has 1 aliphatic rings. The number of carbonyl (C=O) groups is 1. The van der Waals surface area contributed by atoms with Gasteiger partial charge in [-0.2, -0.15) is 9.90 Å². The minimum atomic E-state index is -0.140. The van der Waals surface area contributed by atoms with Gasteiger partial charge in [0.25, 0.3) is 5.91 Å². The fourth-order valence-electron chi connectivity index (χ4n) is 2.69. The van der Waals surface area contributed by atoms with Gasteiger partial charge in [-0.05, 0) is 19.1 Å². The fraction of sp³-hybridized carbons (Fsp3) is 0.267. The minimum Gasteiger partial charge on any atom is -0.328 e. The van der Waals surface area contributed by atoms with Crippen LogP contribution < -0.4 is 0 Å². The summed E-state index contributed by atoms with van der Waals surface area (Å²) in [4.78, 5) is 15.8. The molecule has 0 N–H and O–H groups in total. The predicted octanol–water partition coefficient (Wildman–Crippen LogP) is 0.823. The zero-order valence-electron chi connectivity index (χ0n) is 12.6. The number of aromatic nitrogens is 6. The first-order valence-corrected chi connectivity index (χ1v) is 7.38. The maximum absolute atomic E-state index is 12.6. The van der Waals surface area contributed by atoms with E-state index in [0.717, 1.165) is 17.3 Å². The first-order chi connectivity index (χ1) is 11.2. The molecule has 8 nitrogen and oxygen atoms in total. The molecule has 0 aliphatic carbocycles. The van der Waals surface area contributed by atoms with Crippen LogP contribution >= 0.6 is 0 Å². The number of hydrogen-bond donors (Lipinski definition) is 0. The van der Waals surface area contributed by atoms with E-state index in [4.69, 9.17) is 0 Å². The molecule has 0 fully saturated rings. The second-order valence-electron chi connectivity index (χ2n) is 5.40. The van der Waals surface area contributed by atoms with Crippen molar-refractivity contribution in [3.05, 3.63) is 53.9 Å². The molecule has 1 aromatic carbocycles. The molecule has 3 aromatic rings. The highest BCUT2D eigenvalue weighted by Gasteiger charge is 2.26. The van der Waals surface area contributed by atoms with Crippen LogP contribution in [0.15, 0.2) is 36.5 Å². The van der Waals surface area contributed by atoms with Gasteiger partial charge in [-0.1, -0.05) is 18.2 Å². The Morgan fingerprint density at radius 1 is 1.13 bits per heavy atom. The SMILES string of the molecule is Cc1nnc2n1CCN(C(=O)c1cnn(-c3ccccc3)n1)C2. The Labute approximate surface area is 132 Å². The molecular formula is C15H15N7O. The van der Waals surface area contributed by atoms with E-state index in [2.05, 4.69) is 20.4 Å². The van der Waals surface area contributed by atoms with Crippen LogP contribution in [-0.2, 0) is 13.1 Å². The van der Waals surface area contributed by atoms with E-state index in [1.165, 1.54) is 11.0 Å². The molecule has 0 saturated carbocycles. The van der Waals surface area contributed by atoms with Crippen LogP contribution in [0.25, 0.3) is 5.69 Å². The van der Waals surface area contributed by atoms with Gasteiger partial charge >= 0.3 is 0 Å². The van der Waals surface area contributed by atoms with Gasteiger partial charge in [0.05, 0.1) is 18.4 Å². The van der Waals surface area contributed by atoms with Gasteiger partial charge < -0.3 is 9.47 Å².